The van der Waals surface area contributed by atoms with E-state index in [-0.39, 0.29) is 5.91 Å². The number of nitrogens with one attached hydrogen (secondary N) is 1. The van der Waals surface area contributed by atoms with Crippen LogP contribution in [-0.4, -0.2) is 49.6 Å². The van der Waals surface area contributed by atoms with Gasteiger partial charge in [0.05, 0.1) is 5.54 Å². The molecule has 0 unspecified atom stereocenters. The average Bonchev–Trinajstić information content (AvgIpc) is 2.47. The Labute approximate surface area is 115 Å². The number of hydrogen-bond donors (Lipinski definition) is 1. The minimum atomic E-state index is -0.477. The van der Waals surface area contributed by atoms with Gasteiger partial charge in [0.1, 0.15) is 0 Å². The maximum Gasteiger partial charge on any atom is 0.242 e. The summed E-state index contributed by atoms with van der Waals surface area (Å²) in [5, 5.41) is 3.08. The first-order chi connectivity index (χ1) is 9.04. The van der Waals surface area contributed by atoms with Crippen molar-refractivity contribution in [3.05, 3.63) is 30.3 Å². The van der Waals surface area contributed by atoms with Gasteiger partial charge in [-0.05, 0) is 33.0 Å². The lowest BCUT2D eigenvalue weighted by Crippen LogP contribution is -2.58. The normalized spacial score (nSPS) is 16.6. The fraction of sp³-hybridized carbons (Fsp3) is 0.533. The molecule has 0 saturated carbocycles. The Balaban J connectivity index is 1.95. The molecule has 1 saturated heterocycles. The molecular weight excluding hydrogens is 238 g/mol. The number of amides is 1. The Hall–Kier alpha value is -1.55. The molecule has 0 spiro atoms. The highest BCUT2D eigenvalue weighted by atomic mass is 16.2. The van der Waals surface area contributed by atoms with Gasteiger partial charge in [-0.15, -0.1) is 0 Å². The van der Waals surface area contributed by atoms with Gasteiger partial charge in [-0.25, -0.2) is 0 Å². The molecule has 4 heteroatoms. The molecule has 0 radical (unpaired) electrons. The third-order valence-electron chi connectivity index (χ3n) is 3.85. The molecule has 1 aromatic carbocycles. The molecule has 1 amide bonds. The van der Waals surface area contributed by atoms with Gasteiger partial charge in [0.15, 0.2) is 0 Å². The zero-order chi connectivity index (χ0) is 13.9. The SMILES string of the molecule is CNC(C)(C)C(=O)N1CCN(c2ccccc2)CC1. The zero-order valence-electron chi connectivity index (χ0n) is 12.0. The average molecular weight is 261 g/mol. The van der Waals surface area contributed by atoms with Crippen LogP contribution >= 0.6 is 0 Å². The van der Waals surface area contributed by atoms with E-state index in [1.807, 2.05) is 31.9 Å². The minimum Gasteiger partial charge on any atom is -0.368 e. The number of likely N-dealkylation sites (N-methyl/N-ethyl adjacent to an activating group) is 1. The molecule has 1 N–H and O–H groups in total. The Morgan fingerprint density at radius 3 is 2.21 bits per heavy atom. The molecule has 0 aliphatic carbocycles. The summed E-state index contributed by atoms with van der Waals surface area (Å²) in [6.07, 6.45) is 0. The molecule has 2 rings (SSSR count). The predicted octanol–water partition coefficient (Wildman–Crippen LogP) is 1.33. The molecule has 0 atom stereocenters. The fourth-order valence-corrected chi connectivity index (χ4v) is 2.31. The van der Waals surface area contributed by atoms with Crippen LogP contribution < -0.4 is 10.2 Å². The maximum atomic E-state index is 12.3. The van der Waals surface area contributed by atoms with Crippen LogP contribution in [0.4, 0.5) is 5.69 Å². The van der Waals surface area contributed by atoms with Gasteiger partial charge in [0.2, 0.25) is 5.91 Å². The summed E-state index contributed by atoms with van der Waals surface area (Å²) in [6, 6.07) is 10.4. The molecule has 1 aliphatic rings. The summed E-state index contributed by atoms with van der Waals surface area (Å²) in [6.45, 7) is 7.24. The highest BCUT2D eigenvalue weighted by Gasteiger charge is 2.32. The lowest BCUT2D eigenvalue weighted by molar-refractivity contribution is -0.137. The van der Waals surface area contributed by atoms with Crippen molar-refractivity contribution in [1.29, 1.82) is 0 Å². The van der Waals surface area contributed by atoms with E-state index in [2.05, 4.69) is 34.5 Å². The molecule has 1 fully saturated rings. The summed E-state index contributed by atoms with van der Waals surface area (Å²) < 4.78 is 0. The van der Waals surface area contributed by atoms with Crippen LogP contribution in [0.2, 0.25) is 0 Å². The Bertz CT molecular complexity index is 422. The van der Waals surface area contributed by atoms with Crippen molar-refractivity contribution in [3.63, 3.8) is 0 Å². The van der Waals surface area contributed by atoms with E-state index in [1.165, 1.54) is 5.69 Å². The smallest absolute Gasteiger partial charge is 0.242 e. The second-order valence-electron chi connectivity index (χ2n) is 5.49. The molecule has 0 bridgehead atoms. The number of carbonyl (C=O) groups excluding carboxylic acids is 1. The quantitative estimate of drug-likeness (QED) is 0.891. The van der Waals surface area contributed by atoms with Crippen molar-refractivity contribution in [2.45, 2.75) is 19.4 Å². The van der Waals surface area contributed by atoms with Crippen LogP contribution in [0.15, 0.2) is 30.3 Å². The van der Waals surface area contributed by atoms with Gasteiger partial charge in [0, 0.05) is 31.9 Å². The summed E-state index contributed by atoms with van der Waals surface area (Å²) in [4.78, 5) is 16.6. The Morgan fingerprint density at radius 2 is 1.68 bits per heavy atom. The molecule has 1 heterocycles. The molecule has 104 valence electrons. The second-order valence-corrected chi connectivity index (χ2v) is 5.49. The third kappa shape index (κ3) is 3.07. The van der Waals surface area contributed by atoms with Crippen molar-refractivity contribution in [2.24, 2.45) is 0 Å². The topological polar surface area (TPSA) is 35.6 Å². The van der Waals surface area contributed by atoms with E-state index in [0.717, 1.165) is 26.2 Å². The Morgan fingerprint density at radius 1 is 1.11 bits per heavy atom. The lowest BCUT2D eigenvalue weighted by Gasteiger charge is -2.39. The molecule has 1 aromatic rings. The number of hydrogen-bond acceptors (Lipinski definition) is 3. The van der Waals surface area contributed by atoms with Crippen molar-refractivity contribution >= 4 is 11.6 Å². The van der Waals surface area contributed by atoms with Crippen molar-refractivity contribution < 1.29 is 4.79 Å². The lowest BCUT2D eigenvalue weighted by atomic mass is 10.0. The molecule has 4 nitrogen and oxygen atoms in total. The fourth-order valence-electron chi connectivity index (χ4n) is 2.31. The van der Waals surface area contributed by atoms with E-state index in [9.17, 15) is 4.79 Å². The van der Waals surface area contributed by atoms with Crippen LogP contribution in [0, 0.1) is 0 Å². The van der Waals surface area contributed by atoms with Crippen LogP contribution in [0.1, 0.15) is 13.8 Å². The third-order valence-corrected chi connectivity index (χ3v) is 3.85. The van der Waals surface area contributed by atoms with E-state index in [1.54, 1.807) is 0 Å². The van der Waals surface area contributed by atoms with Crippen molar-refractivity contribution in [2.75, 3.05) is 38.1 Å². The highest BCUT2D eigenvalue weighted by molar-refractivity contribution is 5.85. The van der Waals surface area contributed by atoms with E-state index in [4.69, 9.17) is 0 Å². The van der Waals surface area contributed by atoms with Gasteiger partial charge in [0.25, 0.3) is 0 Å². The minimum absolute atomic E-state index is 0.183. The standard InChI is InChI=1S/C15H23N3O/c1-15(2,16-3)14(19)18-11-9-17(10-12-18)13-7-5-4-6-8-13/h4-8,16H,9-12H2,1-3H3. The first kappa shape index (κ1) is 13.9. The van der Waals surface area contributed by atoms with Crippen molar-refractivity contribution in [1.82, 2.24) is 10.2 Å². The number of anilines is 1. The van der Waals surface area contributed by atoms with Gasteiger partial charge >= 0.3 is 0 Å². The van der Waals surface area contributed by atoms with Crippen molar-refractivity contribution in [3.8, 4) is 0 Å². The zero-order valence-corrected chi connectivity index (χ0v) is 12.0. The number of rotatable bonds is 3. The largest absolute Gasteiger partial charge is 0.368 e. The van der Waals surface area contributed by atoms with Gasteiger partial charge < -0.3 is 15.1 Å². The molecule has 19 heavy (non-hydrogen) atoms. The predicted molar refractivity (Wildman–Crippen MR) is 78.4 cm³/mol. The van der Waals surface area contributed by atoms with Crippen LogP contribution in [-0.2, 0) is 4.79 Å². The number of carbonyl (C=O) groups is 1. The van der Waals surface area contributed by atoms with Gasteiger partial charge in [-0.1, -0.05) is 18.2 Å². The van der Waals surface area contributed by atoms with E-state index >= 15 is 0 Å². The first-order valence-corrected chi connectivity index (χ1v) is 6.83. The number of nitrogens with zero attached hydrogens (tertiary/aromatic N) is 2. The maximum absolute atomic E-state index is 12.3. The van der Waals surface area contributed by atoms with Crippen LogP contribution in [0.25, 0.3) is 0 Å². The van der Waals surface area contributed by atoms with E-state index in [0.29, 0.717) is 0 Å². The summed E-state index contributed by atoms with van der Waals surface area (Å²) >= 11 is 0. The second kappa shape index (κ2) is 5.61. The number of benzene rings is 1. The summed E-state index contributed by atoms with van der Waals surface area (Å²) in [5.41, 5.74) is 0.761. The van der Waals surface area contributed by atoms with Crippen LogP contribution in [0.3, 0.4) is 0 Å². The highest BCUT2D eigenvalue weighted by Crippen LogP contribution is 2.17. The molecule has 1 aliphatic heterocycles. The molecule has 0 aromatic heterocycles. The van der Waals surface area contributed by atoms with Gasteiger partial charge in [-0.2, -0.15) is 0 Å². The summed E-state index contributed by atoms with van der Waals surface area (Å²) in [5.74, 6) is 0.183. The monoisotopic (exact) mass is 261 g/mol. The van der Waals surface area contributed by atoms with Gasteiger partial charge in [-0.3, -0.25) is 4.79 Å². The van der Waals surface area contributed by atoms with E-state index < -0.39 is 5.54 Å². The number of para-hydroxylation sites is 1. The van der Waals surface area contributed by atoms with Crippen LogP contribution in [0.5, 0.6) is 0 Å². The Kier molecular flexibility index (Phi) is 4.10. The summed E-state index contributed by atoms with van der Waals surface area (Å²) in [7, 11) is 1.83. The molecular formula is C15H23N3O. The number of piperazine rings is 1. The first-order valence-electron chi connectivity index (χ1n) is 6.83.